The van der Waals surface area contributed by atoms with Crippen LogP contribution in [0.15, 0.2) is 42.6 Å². The van der Waals surface area contributed by atoms with Crippen molar-refractivity contribution in [3.05, 3.63) is 65.1 Å². The Labute approximate surface area is 170 Å². The van der Waals surface area contributed by atoms with Gasteiger partial charge >= 0.3 is 6.18 Å². The van der Waals surface area contributed by atoms with E-state index in [9.17, 15) is 26.0 Å². The van der Waals surface area contributed by atoms with Crippen molar-refractivity contribution in [2.75, 3.05) is 11.0 Å². The second-order valence-electron chi connectivity index (χ2n) is 6.83. The van der Waals surface area contributed by atoms with E-state index in [0.29, 0.717) is 28.2 Å². The minimum atomic E-state index is -4.81. The summed E-state index contributed by atoms with van der Waals surface area (Å²) in [4.78, 5) is 2.97. The molecule has 0 amide bonds. The average molecular weight is 439 g/mol. The van der Waals surface area contributed by atoms with E-state index in [2.05, 4.69) is 9.71 Å². The molecular weight excluding hydrogens is 422 g/mol. The zero-order valence-corrected chi connectivity index (χ0v) is 16.5. The van der Waals surface area contributed by atoms with Crippen LogP contribution in [-0.2, 0) is 16.2 Å². The number of sulfonamides is 1. The summed E-state index contributed by atoms with van der Waals surface area (Å²) in [6.45, 7) is 0. The number of aromatic amines is 1. The van der Waals surface area contributed by atoms with Crippen LogP contribution in [0, 0.1) is 17.1 Å². The highest BCUT2D eigenvalue weighted by molar-refractivity contribution is 7.92. The molecule has 0 radical (unpaired) electrons. The smallest absolute Gasteiger partial charge is 0.359 e. The summed E-state index contributed by atoms with van der Waals surface area (Å²) in [7, 11) is -3.54. The van der Waals surface area contributed by atoms with Gasteiger partial charge in [-0.3, -0.25) is 4.72 Å². The molecule has 5 nitrogen and oxygen atoms in total. The Bertz CT molecular complexity index is 1230. The molecule has 3 aromatic rings. The highest BCUT2D eigenvalue weighted by Crippen LogP contribution is 2.38. The number of nitriles is 1. The Morgan fingerprint density at radius 3 is 2.57 bits per heavy atom. The predicted octanol–water partition coefficient (Wildman–Crippen LogP) is 5.13. The summed E-state index contributed by atoms with van der Waals surface area (Å²) in [6.07, 6.45) is -1.86. The number of nitrogens with zero attached hydrogens (tertiary/aromatic N) is 1. The average Bonchev–Trinajstić information content (AvgIpc) is 3.05. The van der Waals surface area contributed by atoms with Gasteiger partial charge in [0.25, 0.3) is 0 Å². The fourth-order valence-corrected chi connectivity index (χ4v) is 4.01. The third-order valence-electron chi connectivity index (χ3n) is 4.66. The zero-order valence-electron chi connectivity index (χ0n) is 15.7. The van der Waals surface area contributed by atoms with Gasteiger partial charge in [0.15, 0.2) is 0 Å². The Morgan fingerprint density at radius 1 is 1.23 bits per heavy atom. The molecule has 2 N–H and O–H groups in total. The van der Waals surface area contributed by atoms with Crippen LogP contribution in [-0.4, -0.2) is 19.7 Å². The summed E-state index contributed by atoms with van der Waals surface area (Å²) < 4.78 is 78.5. The number of anilines is 1. The van der Waals surface area contributed by atoms with Gasteiger partial charge in [0, 0.05) is 23.9 Å². The van der Waals surface area contributed by atoms with Gasteiger partial charge in [-0.2, -0.15) is 18.4 Å². The first-order valence-electron chi connectivity index (χ1n) is 8.82. The van der Waals surface area contributed by atoms with Gasteiger partial charge in [0.05, 0.1) is 29.1 Å². The molecule has 10 heteroatoms. The fourth-order valence-electron chi connectivity index (χ4n) is 3.44. The molecule has 1 atom stereocenters. The molecule has 1 aromatic heterocycles. The van der Waals surface area contributed by atoms with Gasteiger partial charge in [-0.1, -0.05) is 18.2 Å². The highest BCUT2D eigenvalue weighted by Gasteiger charge is 2.34. The summed E-state index contributed by atoms with van der Waals surface area (Å²) in [5.74, 6) is -1.95. The van der Waals surface area contributed by atoms with Crippen LogP contribution in [0.1, 0.15) is 35.4 Å². The maximum Gasteiger partial charge on any atom is 0.419 e. The van der Waals surface area contributed by atoms with Crippen LogP contribution >= 0.6 is 0 Å². The fraction of sp³-hybridized carbons (Fsp3) is 0.250. The molecule has 30 heavy (non-hydrogen) atoms. The minimum Gasteiger partial charge on any atom is -0.359 e. The van der Waals surface area contributed by atoms with Crippen LogP contribution in [0.4, 0.5) is 23.2 Å². The van der Waals surface area contributed by atoms with Crippen LogP contribution < -0.4 is 4.72 Å². The molecule has 0 aliphatic heterocycles. The van der Waals surface area contributed by atoms with Gasteiger partial charge in [0.2, 0.25) is 10.0 Å². The summed E-state index contributed by atoms with van der Waals surface area (Å²) in [6, 6.07) is 9.63. The van der Waals surface area contributed by atoms with Gasteiger partial charge < -0.3 is 4.98 Å². The lowest BCUT2D eigenvalue weighted by Gasteiger charge is -2.18. The highest BCUT2D eigenvalue weighted by atomic mass is 32.2. The SMILES string of the molecule is CS(=O)(=O)Nc1cccc2c(C(CCC#N)c3ccc(C(F)(F)F)c(F)c3)c[nH]c12. The molecule has 0 spiro atoms. The number of alkyl halides is 3. The lowest BCUT2D eigenvalue weighted by Crippen LogP contribution is -2.10. The maximum absolute atomic E-state index is 14.2. The van der Waals surface area contributed by atoms with E-state index in [1.165, 1.54) is 6.07 Å². The second kappa shape index (κ2) is 7.99. The number of aromatic nitrogens is 1. The van der Waals surface area contributed by atoms with Crippen LogP contribution in [0.25, 0.3) is 10.9 Å². The van der Waals surface area contributed by atoms with Gasteiger partial charge in [-0.15, -0.1) is 0 Å². The molecule has 0 aliphatic carbocycles. The third-order valence-corrected chi connectivity index (χ3v) is 5.25. The number of rotatable bonds is 6. The maximum atomic E-state index is 14.2. The Morgan fingerprint density at radius 2 is 1.97 bits per heavy atom. The van der Waals surface area contributed by atoms with Gasteiger partial charge in [-0.25, -0.2) is 12.8 Å². The third kappa shape index (κ3) is 4.57. The quantitative estimate of drug-likeness (QED) is 0.522. The van der Waals surface area contributed by atoms with E-state index in [1.54, 1.807) is 24.4 Å². The zero-order chi connectivity index (χ0) is 22.1. The van der Waals surface area contributed by atoms with E-state index in [4.69, 9.17) is 5.26 Å². The lowest BCUT2D eigenvalue weighted by atomic mass is 9.86. The number of hydrogen-bond donors (Lipinski definition) is 2. The van der Waals surface area contributed by atoms with Crippen molar-refractivity contribution >= 4 is 26.6 Å². The molecule has 0 saturated carbocycles. The molecule has 0 fully saturated rings. The first-order chi connectivity index (χ1) is 14.0. The number of halogens is 4. The Kier molecular flexibility index (Phi) is 5.76. The Hall–Kier alpha value is -3.06. The standard InChI is InChI=1S/C20H17F4N3O2S/c1-30(28,29)27-18-6-2-4-14-15(11-26-19(14)18)13(5-3-9-25)12-7-8-16(17(21)10-12)20(22,23)24/h2,4,6-8,10-11,13,26-27H,3,5H2,1H3. The second-order valence-corrected chi connectivity index (χ2v) is 8.58. The number of nitrogens with one attached hydrogen (secondary N) is 2. The van der Waals surface area contributed by atoms with Crippen LogP contribution in [0.3, 0.4) is 0 Å². The molecule has 0 saturated heterocycles. The first kappa shape index (κ1) is 21.6. The number of hydrogen-bond acceptors (Lipinski definition) is 3. The summed E-state index contributed by atoms with van der Waals surface area (Å²) in [5, 5.41) is 9.61. The molecule has 2 aromatic carbocycles. The van der Waals surface area contributed by atoms with Crippen molar-refractivity contribution in [1.29, 1.82) is 5.26 Å². The van der Waals surface area contributed by atoms with Crippen molar-refractivity contribution < 1.29 is 26.0 Å². The predicted molar refractivity (Wildman–Crippen MR) is 105 cm³/mol. The monoisotopic (exact) mass is 439 g/mol. The van der Waals surface area contributed by atoms with E-state index < -0.39 is 33.5 Å². The van der Waals surface area contributed by atoms with Crippen molar-refractivity contribution in [2.45, 2.75) is 24.9 Å². The van der Waals surface area contributed by atoms with Crippen molar-refractivity contribution in [1.82, 2.24) is 4.98 Å². The minimum absolute atomic E-state index is 0.0985. The number of H-pyrrole nitrogens is 1. The lowest BCUT2D eigenvalue weighted by molar-refractivity contribution is -0.140. The molecular formula is C20H17F4N3O2S. The molecule has 3 rings (SSSR count). The molecule has 158 valence electrons. The first-order valence-corrected chi connectivity index (χ1v) is 10.7. The molecule has 1 unspecified atom stereocenters. The molecule has 0 bridgehead atoms. The van der Waals surface area contributed by atoms with Crippen molar-refractivity contribution in [3.63, 3.8) is 0 Å². The Balaban J connectivity index is 2.11. The van der Waals surface area contributed by atoms with Crippen molar-refractivity contribution in [2.24, 2.45) is 0 Å². The van der Waals surface area contributed by atoms with Gasteiger partial charge in [0.1, 0.15) is 5.82 Å². The van der Waals surface area contributed by atoms with Crippen LogP contribution in [0.5, 0.6) is 0 Å². The summed E-state index contributed by atoms with van der Waals surface area (Å²) >= 11 is 0. The molecule has 1 heterocycles. The van der Waals surface area contributed by atoms with E-state index in [0.717, 1.165) is 12.3 Å². The van der Waals surface area contributed by atoms with E-state index in [1.807, 2.05) is 6.07 Å². The normalized spacial score (nSPS) is 13.2. The van der Waals surface area contributed by atoms with Gasteiger partial charge in [-0.05, 0) is 35.7 Å². The van der Waals surface area contributed by atoms with Crippen LogP contribution in [0.2, 0.25) is 0 Å². The number of benzene rings is 2. The topological polar surface area (TPSA) is 85.8 Å². The van der Waals surface area contributed by atoms with E-state index >= 15 is 0 Å². The summed E-state index contributed by atoms with van der Waals surface area (Å²) in [5.41, 5.74) is 0.338. The van der Waals surface area contributed by atoms with Crippen molar-refractivity contribution in [3.8, 4) is 6.07 Å². The van der Waals surface area contributed by atoms with E-state index in [-0.39, 0.29) is 18.4 Å². The number of fused-ring (bicyclic) bond motifs is 1. The number of para-hydroxylation sites is 1. The largest absolute Gasteiger partial charge is 0.419 e. The molecule has 0 aliphatic rings.